The molecule has 1 aromatic carbocycles. The molecule has 2 aromatic heterocycles. The van der Waals surface area contributed by atoms with Crippen molar-refractivity contribution in [2.45, 2.75) is 6.92 Å². The third kappa shape index (κ3) is 3.91. The maximum Gasteiger partial charge on any atom is 0.289 e. The second-order valence-electron chi connectivity index (χ2n) is 6.48. The van der Waals surface area contributed by atoms with Gasteiger partial charge in [0.05, 0.1) is 12.5 Å². The lowest BCUT2D eigenvalue weighted by Gasteiger charge is -2.34. The van der Waals surface area contributed by atoms with Crippen LogP contribution in [0.2, 0.25) is 5.02 Å². The molecular weight excluding hydrogens is 380 g/mol. The zero-order valence-electron chi connectivity index (χ0n) is 15.3. The minimum atomic E-state index is -0.0935. The summed E-state index contributed by atoms with van der Waals surface area (Å²) in [6.45, 7) is 4.42. The van der Waals surface area contributed by atoms with Crippen LogP contribution in [0.25, 0.3) is 0 Å². The SMILES string of the molecule is Cc1ccc(Nc2nncc(N3CCN(C(=O)c4ccco4)CC3)n2)cc1Cl. The van der Waals surface area contributed by atoms with Crippen molar-refractivity contribution in [3.8, 4) is 0 Å². The molecule has 1 saturated heterocycles. The minimum absolute atomic E-state index is 0.0935. The van der Waals surface area contributed by atoms with E-state index in [1.54, 1.807) is 23.2 Å². The fraction of sp³-hybridized carbons (Fsp3) is 0.263. The first kappa shape index (κ1) is 18.2. The summed E-state index contributed by atoms with van der Waals surface area (Å²) in [5.41, 5.74) is 1.80. The molecule has 1 aliphatic rings. The standard InChI is InChI=1S/C19H19ClN6O2/c1-13-4-5-14(11-15(13)20)22-19-23-17(12-21-24-19)25-6-8-26(9-7-25)18(27)16-3-2-10-28-16/h2-5,10-12H,6-9H2,1H3,(H,22,23,24). The number of carbonyl (C=O) groups excluding carboxylic acids is 1. The maximum atomic E-state index is 12.4. The van der Waals surface area contributed by atoms with E-state index >= 15 is 0 Å². The Bertz CT molecular complexity index is 970. The smallest absolute Gasteiger partial charge is 0.289 e. The Morgan fingerprint density at radius 2 is 2.04 bits per heavy atom. The number of aromatic nitrogens is 3. The Kier molecular flexibility index (Phi) is 5.12. The van der Waals surface area contributed by atoms with Gasteiger partial charge in [-0.05, 0) is 36.8 Å². The van der Waals surface area contributed by atoms with Crippen molar-refractivity contribution in [3.63, 3.8) is 0 Å². The van der Waals surface area contributed by atoms with Crippen LogP contribution in [0.15, 0.2) is 47.2 Å². The monoisotopic (exact) mass is 398 g/mol. The Morgan fingerprint density at radius 3 is 2.75 bits per heavy atom. The lowest BCUT2D eigenvalue weighted by Crippen LogP contribution is -2.49. The van der Waals surface area contributed by atoms with E-state index in [2.05, 4.69) is 25.4 Å². The summed E-state index contributed by atoms with van der Waals surface area (Å²) >= 11 is 6.17. The summed E-state index contributed by atoms with van der Waals surface area (Å²) < 4.78 is 5.19. The Balaban J connectivity index is 1.41. The average molecular weight is 399 g/mol. The van der Waals surface area contributed by atoms with Gasteiger partial charge in [-0.2, -0.15) is 10.1 Å². The maximum absolute atomic E-state index is 12.4. The number of hydrogen-bond donors (Lipinski definition) is 1. The van der Waals surface area contributed by atoms with Crippen LogP contribution >= 0.6 is 11.6 Å². The number of rotatable bonds is 4. The summed E-state index contributed by atoms with van der Waals surface area (Å²) in [4.78, 5) is 20.8. The highest BCUT2D eigenvalue weighted by molar-refractivity contribution is 6.31. The fourth-order valence-electron chi connectivity index (χ4n) is 2.99. The summed E-state index contributed by atoms with van der Waals surface area (Å²) in [6.07, 6.45) is 3.13. The van der Waals surface area contributed by atoms with Gasteiger partial charge < -0.3 is 19.5 Å². The van der Waals surface area contributed by atoms with E-state index < -0.39 is 0 Å². The molecule has 0 saturated carbocycles. The van der Waals surface area contributed by atoms with E-state index in [9.17, 15) is 4.79 Å². The van der Waals surface area contributed by atoms with Crippen LogP contribution in [-0.4, -0.2) is 52.2 Å². The molecule has 1 aliphatic heterocycles. The van der Waals surface area contributed by atoms with Crippen LogP contribution in [0.3, 0.4) is 0 Å². The summed E-state index contributed by atoms with van der Waals surface area (Å²) in [5, 5.41) is 11.9. The van der Waals surface area contributed by atoms with E-state index in [0.717, 1.165) is 11.3 Å². The number of benzene rings is 1. The van der Waals surface area contributed by atoms with Crippen LogP contribution < -0.4 is 10.2 Å². The van der Waals surface area contributed by atoms with Crippen molar-refractivity contribution in [2.75, 3.05) is 36.4 Å². The van der Waals surface area contributed by atoms with Gasteiger partial charge in [-0.3, -0.25) is 4.79 Å². The largest absolute Gasteiger partial charge is 0.459 e. The molecule has 1 amide bonds. The highest BCUT2D eigenvalue weighted by atomic mass is 35.5. The quantitative estimate of drug-likeness (QED) is 0.722. The van der Waals surface area contributed by atoms with E-state index in [4.69, 9.17) is 16.0 Å². The third-order valence-electron chi connectivity index (χ3n) is 4.60. The molecule has 0 aliphatic carbocycles. The van der Waals surface area contributed by atoms with Crippen molar-refractivity contribution in [1.29, 1.82) is 0 Å². The molecule has 0 unspecified atom stereocenters. The van der Waals surface area contributed by atoms with E-state index in [-0.39, 0.29) is 5.91 Å². The number of carbonyl (C=O) groups is 1. The van der Waals surface area contributed by atoms with E-state index in [1.807, 2.05) is 25.1 Å². The van der Waals surface area contributed by atoms with Gasteiger partial charge in [-0.15, -0.1) is 5.10 Å². The lowest BCUT2D eigenvalue weighted by molar-refractivity contribution is 0.0714. The van der Waals surface area contributed by atoms with Crippen molar-refractivity contribution in [3.05, 3.63) is 59.1 Å². The molecular formula is C19H19ClN6O2. The van der Waals surface area contributed by atoms with Gasteiger partial charge in [-0.1, -0.05) is 17.7 Å². The second kappa shape index (κ2) is 7.85. The predicted molar refractivity (Wildman–Crippen MR) is 106 cm³/mol. The molecule has 9 heteroatoms. The van der Waals surface area contributed by atoms with Crippen molar-refractivity contribution in [2.24, 2.45) is 0 Å². The topological polar surface area (TPSA) is 87.4 Å². The number of piperazine rings is 1. The number of nitrogens with zero attached hydrogens (tertiary/aromatic N) is 5. The molecule has 8 nitrogen and oxygen atoms in total. The fourth-order valence-corrected chi connectivity index (χ4v) is 3.18. The zero-order valence-corrected chi connectivity index (χ0v) is 16.1. The van der Waals surface area contributed by atoms with Crippen LogP contribution in [0.4, 0.5) is 17.5 Å². The number of hydrogen-bond acceptors (Lipinski definition) is 7. The van der Waals surface area contributed by atoms with Crippen LogP contribution in [0.1, 0.15) is 16.1 Å². The van der Waals surface area contributed by atoms with E-state index in [0.29, 0.717) is 48.7 Å². The Hall–Kier alpha value is -3.13. The highest BCUT2D eigenvalue weighted by Gasteiger charge is 2.24. The predicted octanol–water partition coefficient (Wildman–Crippen LogP) is 3.13. The zero-order chi connectivity index (χ0) is 19.5. The number of furan rings is 1. The average Bonchev–Trinajstić information content (AvgIpc) is 3.25. The first-order chi connectivity index (χ1) is 13.6. The normalized spacial score (nSPS) is 14.2. The molecule has 1 N–H and O–H groups in total. The molecule has 3 aromatic rings. The van der Waals surface area contributed by atoms with Gasteiger partial charge in [0.2, 0.25) is 5.95 Å². The van der Waals surface area contributed by atoms with Gasteiger partial charge in [0.1, 0.15) is 0 Å². The molecule has 1 fully saturated rings. The van der Waals surface area contributed by atoms with Gasteiger partial charge in [0.25, 0.3) is 5.91 Å². The minimum Gasteiger partial charge on any atom is -0.459 e. The lowest BCUT2D eigenvalue weighted by atomic mass is 10.2. The summed E-state index contributed by atoms with van der Waals surface area (Å²) in [5.74, 6) is 1.37. The van der Waals surface area contributed by atoms with Crippen LogP contribution in [0, 0.1) is 6.92 Å². The molecule has 28 heavy (non-hydrogen) atoms. The van der Waals surface area contributed by atoms with Crippen LogP contribution in [0.5, 0.6) is 0 Å². The first-order valence-corrected chi connectivity index (χ1v) is 9.28. The number of halogens is 1. The van der Waals surface area contributed by atoms with Crippen molar-refractivity contribution < 1.29 is 9.21 Å². The molecule has 144 valence electrons. The number of nitrogens with one attached hydrogen (secondary N) is 1. The van der Waals surface area contributed by atoms with Gasteiger partial charge in [0, 0.05) is 36.9 Å². The second-order valence-corrected chi connectivity index (χ2v) is 6.89. The van der Waals surface area contributed by atoms with Crippen molar-refractivity contribution >= 4 is 35.0 Å². The molecule has 0 radical (unpaired) electrons. The highest BCUT2D eigenvalue weighted by Crippen LogP contribution is 2.22. The first-order valence-electron chi connectivity index (χ1n) is 8.91. The van der Waals surface area contributed by atoms with Gasteiger partial charge >= 0.3 is 0 Å². The summed E-state index contributed by atoms with van der Waals surface area (Å²) in [6, 6.07) is 9.06. The van der Waals surface area contributed by atoms with E-state index in [1.165, 1.54) is 6.26 Å². The van der Waals surface area contributed by atoms with Gasteiger partial charge in [-0.25, -0.2) is 0 Å². The summed E-state index contributed by atoms with van der Waals surface area (Å²) in [7, 11) is 0. The van der Waals surface area contributed by atoms with Crippen molar-refractivity contribution in [1.82, 2.24) is 20.1 Å². The Labute approximate surface area is 167 Å². The molecule has 0 spiro atoms. The molecule has 0 bridgehead atoms. The third-order valence-corrected chi connectivity index (χ3v) is 5.00. The number of amides is 1. The van der Waals surface area contributed by atoms with Gasteiger partial charge in [0.15, 0.2) is 11.6 Å². The molecule has 3 heterocycles. The molecule has 0 atom stereocenters. The number of anilines is 3. The molecule has 4 rings (SSSR count). The number of aryl methyl sites for hydroxylation is 1. The van der Waals surface area contributed by atoms with Crippen LogP contribution in [-0.2, 0) is 0 Å². The Morgan fingerprint density at radius 1 is 1.21 bits per heavy atom.